The first-order chi connectivity index (χ1) is 8.43. The Morgan fingerprint density at radius 1 is 1.28 bits per heavy atom. The van der Waals surface area contributed by atoms with Gasteiger partial charge in [-0.3, -0.25) is 4.79 Å². The summed E-state index contributed by atoms with van der Waals surface area (Å²) in [5.74, 6) is -0.162. The standard InChI is InChI=1S/C15H31NO2/c1-6-8-9-10-15(4,5)12-16-11-13(3)14(17)18-7-2/h13,16H,6-12H2,1-5H3. The highest BCUT2D eigenvalue weighted by Crippen LogP contribution is 2.22. The molecule has 0 saturated heterocycles. The minimum atomic E-state index is -0.103. The quantitative estimate of drug-likeness (QED) is 0.481. The lowest BCUT2D eigenvalue weighted by molar-refractivity contribution is -0.147. The Morgan fingerprint density at radius 3 is 2.50 bits per heavy atom. The lowest BCUT2D eigenvalue weighted by Crippen LogP contribution is -2.34. The van der Waals surface area contributed by atoms with Gasteiger partial charge in [-0.25, -0.2) is 0 Å². The fraction of sp³-hybridized carbons (Fsp3) is 0.933. The van der Waals surface area contributed by atoms with E-state index < -0.39 is 0 Å². The van der Waals surface area contributed by atoms with Crippen LogP contribution in [-0.4, -0.2) is 25.7 Å². The van der Waals surface area contributed by atoms with E-state index in [1.807, 2.05) is 13.8 Å². The molecule has 1 unspecified atom stereocenters. The molecule has 0 aromatic carbocycles. The first-order valence-electron chi connectivity index (χ1n) is 7.30. The van der Waals surface area contributed by atoms with Gasteiger partial charge < -0.3 is 10.1 Å². The van der Waals surface area contributed by atoms with Crippen molar-refractivity contribution in [1.82, 2.24) is 5.32 Å². The Labute approximate surface area is 113 Å². The molecule has 0 aliphatic rings. The molecule has 0 bridgehead atoms. The van der Waals surface area contributed by atoms with Crippen LogP contribution in [0.4, 0.5) is 0 Å². The third-order valence-corrected chi connectivity index (χ3v) is 3.20. The van der Waals surface area contributed by atoms with Crippen LogP contribution < -0.4 is 5.32 Å². The molecule has 0 aromatic rings. The van der Waals surface area contributed by atoms with Crippen LogP contribution in [0.25, 0.3) is 0 Å². The van der Waals surface area contributed by atoms with Crippen LogP contribution in [0.5, 0.6) is 0 Å². The number of ether oxygens (including phenoxy) is 1. The van der Waals surface area contributed by atoms with Crippen molar-refractivity contribution in [2.45, 2.75) is 60.3 Å². The minimum absolute atomic E-state index is 0.0589. The smallest absolute Gasteiger partial charge is 0.309 e. The summed E-state index contributed by atoms with van der Waals surface area (Å²) in [4.78, 5) is 11.4. The number of nitrogens with one attached hydrogen (secondary N) is 1. The molecule has 18 heavy (non-hydrogen) atoms. The number of esters is 1. The van der Waals surface area contributed by atoms with Gasteiger partial charge in [0.1, 0.15) is 0 Å². The van der Waals surface area contributed by atoms with Gasteiger partial charge in [-0.05, 0) is 18.8 Å². The molecular formula is C15H31NO2. The third-order valence-electron chi connectivity index (χ3n) is 3.20. The fourth-order valence-corrected chi connectivity index (χ4v) is 1.94. The highest BCUT2D eigenvalue weighted by Gasteiger charge is 2.19. The number of rotatable bonds is 10. The van der Waals surface area contributed by atoms with E-state index in [9.17, 15) is 4.79 Å². The third kappa shape index (κ3) is 8.51. The van der Waals surface area contributed by atoms with Crippen molar-refractivity contribution in [3.05, 3.63) is 0 Å². The van der Waals surface area contributed by atoms with E-state index in [4.69, 9.17) is 4.74 Å². The summed E-state index contributed by atoms with van der Waals surface area (Å²) in [7, 11) is 0. The summed E-state index contributed by atoms with van der Waals surface area (Å²) in [6.07, 6.45) is 5.10. The van der Waals surface area contributed by atoms with Crippen molar-refractivity contribution < 1.29 is 9.53 Å². The highest BCUT2D eigenvalue weighted by atomic mass is 16.5. The molecule has 0 aliphatic heterocycles. The maximum absolute atomic E-state index is 11.4. The minimum Gasteiger partial charge on any atom is -0.466 e. The molecule has 0 heterocycles. The van der Waals surface area contributed by atoms with E-state index >= 15 is 0 Å². The molecule has 0 amide bonds. The van der Waals surface area contributed by atoms with E-state index in [-0.39, 0.29) is 11.9 Å². The second-order valence-corrected chi connectivity index (χ2v) is 5.91. The first-order valence-corrected chi connectivity index (χ1v) is 7.30. The van der Waals surface area contributed by atoms with Crippen molar-refractivity contribution >= 4 is 5.97 Å². The average Bonchev–Trinajstić information content (AvgIpc) is 2.29. The van der Waals surface area contributed by atoms with Gasteiger partial charge >= 0.3 is 5.97 Å². The number of unbranched alkanes of at least 4 members (excludes halogenated alkanes) is 2. The molecule has 0 fully saturated rings. The molecule has 0 spiro atoms. The van der Waals surface area contributed by atoms with E-state index in [2.05, 4.69) is 26.1 Å². The number of carbonyl (C=O) groups excluding carboxylic acids is 1. The van der Waals surface area contributed by atoms with Crippen LogP contribution >= 0.6 is 0 Å². The maximum Gasteiger partial charge on any atom is 0.309 e. The van der Waals surface area contributed by atoms with Crippen LogP contribution in [0.2, 0.25) is 0 Å². The monoisotopic (exact) mass is 257 g/mol. The molecule has 0 aromatic heterocycles. The Bertz CT molecular complexity index is 227. The van der Waals surface area contributed by atoms with Crippen molar-refractivity contribution in [2.24, 2.45) is 11.3 Å². The summed E-state index contributed by atoms with van der Waals surface area (Å²) in [5, 5.41) is 3.39. The highest BCUT2D eigenvalue weighted by molar-refractivity contribution is 5.72. The van der Waals surface area contributed by atoms with Gasteiger partial charge in [0, 0.05) is 13.1 Å². The van der Waals surface area contributed by atoms with Crippen molar-refractivity contribution in [3.63, 3.8) is 0 Å². The van der Waals surface area contributed by atoms with Crippen LogP contribution in [0, 0.1) is 11.3 Å². The number of hydrogen-bond donors (Lipinski definition) is 1. The molecule has 0 aliphatic carbocycles. The summed E-state index contributed by atoms with van der Waals surface area (Å²) >= 11 is 0. The number of hydrogen-bond acceptors (Lipinski definition) is 3. The van der Waals surface area contributed by atoms with Gasteiger partial charge in [-0.2, -0.15) is 0 Å². The molecule has 0 radical (unpaired) electrons. The van der Waals surface area contributed by atoms with Gasteiger partial charge in [-0.15, -0.1) is 0 Å². The van der Waals surface area contributed by atoms with Crippen LogP contribution in [0.1, 0.15) is 60.3 Å². The first kappa shape index (κ1) is 17.4. The van der Waals surface area contributed by atoms with Gasteiger partial charge in [-0.1, -0.05) is 47.0 Å². The molecule has 0 saturated carbocycles. The maximum atomic E-state index is 11.4. The molecule has 0 rings (SSSR count). The van der Waals surface area contributed by atoms with Crippen LogP contribution in [-0.2, 0) is 9.53 Å². The lowest BCUT2D eigenvalue weighted by Gasteiger charge is -2.25. The van der Waals surface area contributed by atoms with E-state index in [1.165, 1.54) is 25.7 Å². The molecule has 108 valence electrons. The zero-order valence-electron chi connectivity index (χ0n) is 12.8. The van der Waals surface area contributed by atoms with Gasteiger partial charge in [0.05, 0.1) is 12.5 Å². The average molecular weight is 257 g/mol. The van der Waals surface area contributed by atoms with E-state index in [0.717, 1.165) is 6.54 Å². The summed E-state index contributed by atoms with van der Waals surface area (Å²) in [6.45, 7) is 12.7. The Morgan fingerprint density at radius 2 is 1.94 bits per heavy atom. The van der Waals surface area contributed by atoms with E-state index in [1.54, 1.807) is 0 Å². The second-order valence-electron chi connectivity index (χ2n) is 5.91. The Kier molecular flexibility index (Phi) is 9.08. The normalized spacial score (nSPS) is 13.4. The molecule has 3 heteroatoms. The second kappa shape index (κ2) is 9.37. The zero-order chi connectivity index (χ0) is 14.0. The molecule has 3 nitrogen and oxygen atoms in total. The molecule has 1 atom stereocenters. The van der Waals surface area contributed by atoms with Crippen molar-refractivity contribution in [2.75, 3.05) is 19.7 Å². The van der Waals surface area contributed by atoms with Crippen LogP contribution in [0.15, 0.2) is 0 Å². The Hall–Kier alpha value is -0.570. The predicted octanol–water partition coefficient (Wildman–Crippen LogP) is 3.38. The fourth-order valence-electron chi connectivity index (χ4n) is 1.94. The van der Waals surface area contributed by atoms with Gasteiger partial charge in [0.25, 0.3) is 0 Å². The van der Waals surface area contributed by atoms with E-state index in [0.29, 0.717) is 18.6 Å². The van der Waals surface area contributed by atoms with Crippen molar-refractivity contribution in [1.29, 1.82) is 0 Å². The Balaban J connectivity index is 3.77. The lowest BCUT2D eigenvalue weighted by atomic mass is 9.87. The number of carbonyl (C=O) groups is 1. The predicted molar refractivity (Wildman–Crippen MR) is 76.6 cm³/mol. The topological polar surface area (TPSA) is 38.3 Å². The van der Waals surface area contributed by atoms with Gasteiger partial charge in [0.2, 0.25) is 0 Å². The largest absolute Gasteiger partial charge is 0.466 e. The molecule has 1 N–H and O–H groups in total. The summed E-state index contributed by atoms with van der Waals surface area (Å²) in [6, 6.07) is 0. The SMILES string of the molecule is CCCCCC(C)(C)CNCC(C)C(=O)OCC. The van der Waals surface area contributed by atoms with Crippen molar-refractivity contribution in [3.8, 4) is 0 Å². The van der Waals surface area contributed by atoms with Gasteiger partial charge in [0.15, 0.2) is 0 Å². The summed E-state index contributed by atoms with van der Waals surface area (Å²) < 4.78 is 4.99. The zero-order valence-corrected chi connectivity index (χ0v) is 12.8. The summed E-state index contributed by atoms with van der Waals surface area (Å²) in [5.41, 5.74) is 0.309. The molecular weight excluding hydrogens is 226 g/mol. The van der Waals surface area contributed by atoms with Crippen LogP contribution in [0.3, 0.4) is 0 Å².